The largest absolute Gasteiger partial charge is 0.361 e. The number of para-hydroxylation sites is 1. The fraction of sp³-hybridized carbons (Fsp3) is 0.433. The number of nitrogens with zero attached hydrogens (tertiary/aromatic N) is 2. The van der Waals surface area contributed by atoms with Gasteiger partial charge in [-0.25, -0.2) is 4.39 Å². The van der Waals surface area contributed by atoms with Gasteiger partial charge >= 0.3 is 0 Å². The quantitative estimate of drug-likeness (QED) is 0.452. The summed E-state index contributed by atoms with van der Waals surface area (Å²) in [5.41, 5.74) is 6.84. The fourth-order valence-corrected chi connectivity index (χ4v) is 6.20. The number of hydrogen-bond donors (Lipinski definition) is 3. The molecule has 1 spiro atoms. The molecule has 4 N–H and O–H groups in total. The Labute approximate surface area is 227 Å². The predicted octanol–water partition coefficient (Wildman–Crippen LogP) is 2.94. The lowest BCUT2D eigenvalue weighted by molar-refractivity contribution is -0.145. The van der Waals surface area contributed by atoms with E-state index in [0.29, 0.717) is 25.9 Å². The summed E-state index contributed by atoms with van der Waals surface area (Å²) in [6, 6.07) is 13.3. The number of fused-ring (bicyclic) bond motifs is 1. The smallest absolute Gasteiger partial charge is 0.245 e. The number of rotatable bonds is 6. The Kier molecular flexibility index (Phi) is 6.97. The van der Waals surface area contributed by atoms with Crippen LogP contribution in [0.1, 0.15) is 43.7 Å². The molecule has 0 bridgehead atoms. The zero-order chi connectivity index (χ0) is 27.9. The minimum absolute atomic E-state index is 0.00497. The molecule has 2 aliphatic heterocycles. The van der Waals surface area contributed by atoms with E-state index < -0.39 is 22.9 Å². The van der Waals surface area contributed by atoms with Gasteiger partial charge in [-0.1, -0.05) is 30.3 Å². The number of halogens is 1. The molecule has 5 rings (SSSR count). The van der Waals surface area contributed by atoms with Gasteiger partial charge in [-0.15, -0.1) is 0 Å². The minimum atomic E-state index is -1.17. The number of hydrogen-bond acceptors (Lipinski definition) is 4. The van der Waals surface area contributed by atoms with Crippen LogP contribution in [-0.2, 0) is 20.8 Å². The minimum Gasteiger partial charge on any atom is -0.361 e. The van der Waals surface area contributed by atoms with Crippen LogP contribution in [0.25, 0.3) is 10.9 Å². The lowest BCUT2D eigenvalue weighted by Gasteiger charge is -2.43. The molecule has 2 aliphatic rings. The first-order valence-corrected chi connectivity index (χ1v) is 13.4. The SMILES string of the molecule is CN1CC(c2ccc(F)cc2)C2(CCCN(C(=O)[C@@H](Cc3c[nH]c4ccccc34)NC(=O)C(C)(C)N)C2)C1=O. The second-order valence-electron chi connectivity index (χ2n) is 11.6. The number of aromatic amines is 1. The van der Waals surface area contributed by atoms with Crippen LogP contribution in [0.4, 0.5) is 4.39 Å². The highest BCUT2D eigenvalue weighted by Crippen LogP contribution is 2.49. The van der Waals surface area contributed by atoms with Gasteiger partial charge in [-0.2, -0.15) is 0 Å². The molecule has 2 aromatic carbocycles. The molecule has 8 nitrogen and oxygen atoms in total. The topological polar surface area (TPSA) is 112 Å². The summed E-state index contributed by atoms with van der Waals surface area (Å²) in [7, 11) is 1.78. The number of carbonyl (C=O) groups is 3. The van der Waals surface area contributed by atoms with Crippen molar-refractivity contribution in [3.8, 4) is 0 Å². The molecule has 0 radical (unpaired) electrons. The molecule has 0 aliphatic carbocycles. The molecule has 3 atom stereocenters. The number of nitrogens with one attached hydrogen (secondary N) is 2. The fourth-order valence-electron chi connectivity index (χ4n) is 6.20. The Bertz CT molecular complexity index is 1400. The van der Waals surface area contributed by atoms with Gasteiger partial charge in [0.1, 0.15) is 11.9 Å². The van der Waals surface area contributed by atoms with Crippen LogP contribution < -0.4 is 11.1 Å². The van der Waals surface area contributed by atoms with Crippen LogP contribution in [0.3, 0.4) is 0 Å². The molecule has 2 unspecified atom stereocenters. The number of H-pyrrole nitrogens is 1. The van der Waals surface area contributed by atoms with Gasteiger partial charge in [0.15, 0.2) is 0 Å². The summed E-state index contributed by atoms with van der Waals surface area (Å²) >= 11 is 0. The Morgan fingerprint density at radius 2 is 1.92 bits per heavy atom. The van der Waals surface area contributed by atoms with Gasteiger partial charge in [-0.3, -0.25) is 14.4 Å². The van der Waals surface area contributed by atoms with Crippen molar-refractivity contribution in [2.24, 2.45) is 11.1 Å². The zero-order valence-corrected chi connectivity index (χ0v) is 22.7. The summed E-state index contributed by atoms with van der Waals surface area (Å²) in [6.45, 7) is 4.43. The van der Waals surface area contributed by atoms with E-state index in [0.717, 1.165) is 22.0 Å². The molecule has 2 fully saturated rings. The number of likely N-dealkylation sites (tertiary alicyclic amines) is 2. The van der Waals surface area contributed by atoms with Crippen molar-refractivity contribution in [1.82, 2.24) is 20.1 Å². The van der Waals surface area contributed by atoms with Crippen molar-refractivity contribution in [1.29, 1.82) is 0 Å². The van der Waals surface area contributed by atoms with Crippen LogP contribution in [0.15, 0.2) is 54.7 Å². The molecular weight excluding hydrogens is 497 g/mol. The summed E-state index contributed by atoms with van der Waals surface area (Å²) in [4.78, 5) is 47.4. The number of amides is 3. The van der Waals surface area contributed by atoms with E-state index in [-0.39, 0.29) is 36.5 Å². The molecule has 9 heteroatoms. The third-order valence-electron chi connectivity index (χ3n) is 8.29. The van der Waals surface area contributed by atoms with Crippen LogP contribution in [0.2, 0.25) is 0 Å². The standard InChI is InChI=1S/C30H36FN5O3/c1-29(2,32)27(38)34-25(15-20-16-33-24-8-5-4-7-22(20)24)26(37)36-14-6-13-30(18-36)23(17-35(3)28(30)39)19-9-11-21(31)12-10-19/h4-5,7-12,16,23,25,33H,6,13-15,17-18,32H2,1-3H3,(H,34,38)/t23?,25-,30?/m1/s1. The van der Waals surface area contributed by atoms with Gasteiger partial charge in [-0.05, 0) is 56.0 Å². The molecular formula is C30H36FN5O3. The number of aromatic nitrogens is 1. The normalized spacial score (nSPS) is 22.5. The van der Waals surface area contributed by atoms with E-state index in [2.05, 4.69) is 10.3 Å². The monoisotopic (exact) mass is 533 g/mol. The van der Waals surface area contributed by atoms with Crippen molar-refractivity contribution in [2.45, 2.75) is 50.6 Å². The predicted molar refractivity (Wildman–Crippen MR) is 147 cm³/mol. The van der Waals surface area contributed by atoms with Crippen LogP contribution in [-0.4, -0.2) is 70.8 Å². The first-order chi connectivity index (χ1) is 18.5. The van der Waals surface area contributed by atoms with Gasteiger partial charge in [0.25, 0.3) is 0 Å². The Morgan fingerprint density at radius 3 is 2.64 bits per heavy atom. The maximum Gasteiger partial charge on any atom is 0.245 e. The first kappa shape index (κ1) is 26.9. The second-order valence-corrected chi connectivity index (χ2v) is 11.6. The third kappa shape index (κ3) is 5.03. The highest BCUT2D eigenvalue weighted by Gasteiger charge is 2.56. The van der Waals surface area contributed by atoms with Crippen LogP contribution in [0.5, 0.6) is 0 Å². The third-order valence-corrected chi connectivity index (χ3v) is 8.29. The van der Waals surface area contributed by atoms with Gasteiger partial charge in [0, 0.05) is 56.1 Å². The number of likely N-dealkylation sites (N-methyl/N-ethyl adjacent to an activating group) is 1. The van der Waals surface area contributed by atoms with Crippen LogP contribution in [0, 0.1) is 11.2 Å². The molecule has 3 heterocycles. The van der Waals surface area contributed by atoms with Crippen molar-refractivity contribution < 1.29 is 18.8 Å². The van der Waals surface area contributed by atoms with Crippen molar-refractivity contribution in [2.75, 3.05) is 26.7 Å². The highest BCUT2D eigenvalue weighted by atomic mass is 19.1. The first-order valence-electron chi connectivity index (χ1n) is 13.4. The lowest BCUT2D eigenvalue weighted by atomic mass is 9.69. The summed E-state index contributed by atoms with van der Waals surface area (Å²) in [5, 5.41) is 3.88. The van der Waals surface area contributed by atoms with E-state index in [9.17, 15) is 18.8 Å². The number of carbonyl (C=O) groups excluding carboxylic acids is 3. The average molecular weight is 534 g/mol. The zero-order valence-electron chi connectivity index (χ0n) is 22.7. The molecule has 3 aromatic rings. The van der Waals surface area contributed by atoms with Crippen molar-refractivity contribution in [3.63, 3.8) is 0 Å². The van der Waals surface area contributed by atoms with Gasteiger partial charge < -0.3 is 25.8 Å². The number of piperidine rings is 1. The van der Waals surface area contributed by atoms with E-state index in [4.69, 9.17) is 5.73 Å². The van der Waals surface area contributed by atoms with E-state index >= 15 is 0 Å². The average Bonchev–Trinajstić information content (AvgIpc) is 3.42. The molecule has 206 valence electrons. The number of benzene rings is 2. The highest BCUT2D eigenvalue weighted by molar-refractivity contribution is 5.93. The second kappa shape index (κ2) is 10.1. The molecule has 39 heavy (non-hydrogen) atoms. The van der Waals surface area contributed by atoms with Crippen molar-refractivity contribution >= 4 is 28.6 Å². The molecule has 0 saturated carbocycles. The Morgan fingerprint density at radius 1 is 1.21 bits per heavy atom. The van der Waals surface area contributed by atoms with E-state index in [1.54, 1.807) is 42.8 Å². The maximum absolute atomic E-state index is 14.1. The van der Waals surface area contributed by atoms with E-state index in [1.807, 2.05) is 30.5 Å². The Balaban J connectivity index is 1.45. The Hall–Kier alpha value is -3.72. The molecule has 2 saturated heterocycles. The van der Waals surface area contributed by atoms with Gasteiger partial charge in [0.05, 0.1) is 11.0 Å². The van der Waals surface area contributed by atoms with Crippen LogP contribution >= 0.6 is 0 Å². The van der Waals surface area contributed by atoms with Gasteiger partial charge in [0.2, 0.25) is 17.7 Å². The summed E-state index contributed by atoms with van der Waals surface area (Å²) in [6.07, 6.45) is 3.43. The van der Waals surface area contributed by atoms with E-state index in [1.165, 1.54) is 12.1 Å². The number of nitrogens with two attached hydrogens (primary N) is 1. The molecule has 3 amide bonds. The summed E-state index contributed by atoms with van der Waals surface area (Å²) in [5.74, 6) is -1.17. The molecule has 1 aromatic heterocycles. The summed E-state index contributed by atoms with van der Waals surface area (Å²) < 4.78 is 13.7. The maximum atomic E-state index is 14.1. The van der Waals surface area contributed by atoms with Crippen molar-refractivity contribution in [3.05, 3.63) is 71.7 Å². The lowest BCUT2D eigenvalue weighted by Crippen LogP contribution is -2.59.